The summed E-state index contributed by atoms with van der Waals surface area (Å²) in [6.07, 6.45) is 2.82. The van der Waals surface area contributed by atoms with Crippen molar-refractivity contribution in [3.05, 3.63) is 66.1 Å². The van der Waals surface area contributed by atoms with Gasteiger partial charge in [-0.1, -0.05) is 53.2 Å². The van der Waals surface area contributed by atoms with E-state index in [4.69, 9.17) is 4.52 Å². The van der Waals surface area contributed by atoms with Crippen LogP contribution in [0.1, 0.15) is 30.7 Å². The topological polar surface area (TPSA) is 79.5 Å². The number of aromatic nitrogens is 2. The Labute approximate surface area is 193 Å². The molecule has 7 nitrogen and oxygen atoms in total. The molecule has 0 spiro atoms. The third-order valence-electron chi connectivity index (χ3n) is 6.71. The van der Waals surface area contributed by atoms with Crippen LogP contribution < -0.4 is 4.90 Å². The summed E-state index contributed by atoms with van der Waals surface area (Å²) in [5, 5.41) is 4.10. The molecular weight excluding hydrogens is 416 g/mol. The third-order valence-corrected chi connectivity index (χ3v) is 6.71. The average molecular weight is 445 g/mol. The van der Waals surface area contributed by atoms with E-state index in [1.807, 2.05) is 66.4 Å². The Hall–Kier alpha value is -3.48. The molecule has 3 heterocycles. The molecule has 5 rings (SSSR count). The zero-order valence-electron chi connectivity index (χ0n) is 18.8. The molecule has 0 radical (unpaired) electrons. The molecule has 0 N–H and O–H groups in total. The molecule has 2 aromatic carbocycles. The van der Waals surface area contributed by atoms with Crippen LogP contribution in [0.15, 0.2) is 59.1 Å². The maximum atomic E-state index is 13.1. The summed E-state index contributed by atoms with van der Waals surface area (Å²) in [6, 6.07) is 17.7. The van der Waals surface area contributed by atoms with Crippen LogP contribution >= 0.6 is 0 Å². The van der Waals surface area contributed by atoms with Crippen molar-refractivity contribution in [2.75, 3.05) is 24.5 Å². The highest BCUT2D eigenvalue weighted by atomic mass is 16.5. The van der Waals surface area contributed by atoms with Gasteiger partial charge in [0, 0.05) is 43.7 Å². The largest absolute Gasteiger partial charge is 0.342 e. The van der Waals surface area contributed by atoms with Crippen molar-refractivity contribution in [2.24, 2.45) is 11.8 Å². The minimum atomic E-state index is -0.264. The summed E-state index contributed by atoms with van der Waals surface area (Å²) in [5.74, 6) is 1.53. The summed E-state index contributed by atoms with van der Waals surface area (Å²) >= 11 is 0. The van der Waals surface area contributed by atoms with Crippen LogP contribution in [0.3, 0.4) is 0 Å². The normalized spacial score (nSPS) is 19.3. The van der Waals surface area contributed by atoms with Crippen LogP contribution in [0.5, 0.6) is 0 Å². The van der Waals surface area contributed by atoms with Crippen molar-refractivity contribution < 1.29 is 14.1 Å². The van der Waals surface area contributed by atoms with Crippen LogP contribution in [0.4, 0.5) is 5.69 Å². The highest BCUT2D eigenvalue weighted by molar-refractivity contribution is 6.00. The average Bonchev–Trinajstić information content (AvgIpc) is 3.47. The molecule has 2 fully saturated rings. The lowest BCUT2D eigenvalue weighted by Crippen LogP contribution is -2.42. The number of aryl methyl sites for hydroxylation is 1. The number of likely N-dealkylation sites (tertiary alicyclic amines) is 1. The third kappa shape index (κ3) is 4.67. The second-order valence-electron chi connectivity index (χ2n) is 9.09. The van der Waals surface area contributed by atoms with E-state index in [9.17, 15) is 9.59 Å². The first-order valence-electron chi connectivity index (χ1n) is 11.6. The molecule has 170 valence electrons. The molecule has 0 bridgehead atoms. The highest BCUT2D eigenvalue weighted by Crippen LogP contribution is 2.29. The minimum absolute atomic E-state index is 0.0257. The Morgan fingerprint density at radius 1 is 1.06 bits per heavy atom. The molecule has 1 atom stereocenters. The fraction of sp³-hybridized carbons (Fsp3) is 0.385. The lowest BCUT2D eigenvalue weighted by molar-refractivity contribution is -0.137. The number of hydrogen-bond donors (Lipinski definition) is 0. The zero-order valence-corrected chi connectivity index (χ0v) is 18.8. The smallest absolute Gasteiger partial charge is 0.228 e. The first-order chi connectivity index (χ1) is 16.1. The van der Waals surface area contributed by atoms with Gasteiger partial charge in [0.15, 0.2) is 0 Å². The molecule has 2 aliphatic rings. The van der Waals surface area contributed by atoms with Crippen LogP contribution in [0.25, 0.3) is 11.4 Å². The Morgan fingerprint density at radius 3 is 2.52 bits per heavy atom. The van der Waals surface area contributed by atoms with Gasteiger partial charge in [0.05, 0.1) is 5.92 Å². The molecule has 2 amide bonds. The van der Waals surface area contributed by atoms with Crippen molar-refractivity contribution >= 4 is 17.5 Å². The van der Waals surface area contributed by atoms with E-state index in [2.05, 4.69) is 10.1 Å². The van der Waals surface area contributed by atoms with E-state index < -0.39 is 0 Å². The Bertz CT molecular complexity index is 1120. The Morgan fingerprint density at radius 2 is 1.79 bits per heavy atom. The van der Waals surface area contributed by atoms with Gasteiger partial charge in [-0.25, -0.2) is 0 Å². The SMILES string of the molecule is Cc1ccc(N2C[C@@H](C(=O)N3CCC(Cc4nc(-c5ccccc5)no4)CC3)CC2=O)cc1. The van der Waals surface area contributed by atoms with Crippen LogP contribution in [-0.4, -0.2) is 46.5 Å². The number of carbonyl (C=O) groups excluding carboxylic acids is 2. The molecule has 2 aliphatic heterocycles. The van der Waals surface area contributed by atoms with E-state index in [1.54, 1.807) is 4.90 Å². The second-order valence-corrected chi connectivity index (χ2v) is 9.09. The fourth-order valence-electron chi connectivity index (χ4n) is 4.75. The van der Waals surface area contributed by atoms with Crippen LogP contribution in [0, 0.1) is 18.8 Å². The van der Waals surface area contributed by atoms with Gasteiger partial charge in [-0.15, -0.1) is 0 Å². The van der Waals surface area contributed by atoms with E-state index >= 15 is 0 Å². The number of amides is 2. The number of nitrogens with zero attached hydrogens (tertiary/aromatic N) is 4. The summed E-state index contributed by atoms with van der Waals surface area (Å²) in [5.41, 5.74) is 2.96. The predicted molar refractivity (Wildman–Crippen MR) is 124 cm³/mol. The number of benzene rings is 2. The van der Waals surface area contributed by atoms with Crippen molar-refractivity contribution in [1.29, 1.82) is 0 Å². The number of piperidine rings is 1. The lowest BCUT2D eigenvalue weighted by atomic mass is 9.92. The van der Waals surface area contributed by atoms with E-state index in [0.717, 1.165) is 36.1 Å². The molecular formula is C26H28N4O3. The van der Waals surface area contributed by atoms with Crippen molar-refractivity contribution in [3.8, 4) is 11.4 Å². The van der Waals surface area contributed by atoms with Gasteiger partial charge in [-0.2, -0.15) is 4.98 Å². The van der Waals surface area contributed by atoms with Gasteiger partial charge in [-0.05, 0) is 37.8 Å². The second kappa shape index (κ2) is 9.17. The Kier molecular flexibility index (Phi) is 5.94. The molecule has 1 aromatic heterocycles. The number of anilines is 1. The van der Waals surface area contributed by atoms with Gasteiger partial charge < -0.3 is 14.3 Å². The van der Waals surface area contributed by atoms with Crippen molar-refractivity contribution in [3.63, 3.8) is 0 Å². The summed E-state index contributed by atoms with van der Waals surface area (Å²) in [6.45, 7) is 3.90. The molecule has 33 heavy (non-hydrogen) atoms. The lowest BCUT2D eigenvalue weighted by Gasteiger charge is -2.33. The van der Waals surface area contributed by atoms with Crippen molar-refractivity contribution in [2.45, 2.75) is 32.6 Å². The molecule has 0 unspecified atom stereocenters. The van der Waals surface area contributed by atoms with Gasteiger partial charge in [-0.3, -0.25) is 9.59 Å². The maximum absolute atomic E-state index is 13.1. The summed E-state index contributed by atoms with van der Waals surface area (Å²) < 4.78 is 5.47. The molecule has 7 heteroatoms. The van der Waals surface area contributed by atoms with Crippen molar-refractivity contribution in [1.82, 2.24) is 15.0 Å². The highest BCUT2D eigenvalue weighted by Gasteiger charge is 2.38. The zero-order chi connectivity index (χ0) is 22.8. The van der Waals surface area contributed by atoms with Crippen LogP contribution in [0.2, 0.25) is 0 Å². The van der Waals surface area contributed by atoms with Gasteiger partial charge in [0.2, 0.25) is 23.5 Å². The maximum Gasteiger partial charge on any atom is 0.228 e. The standard InChI is InChI=1S/C26H28N4O3/c1-18-7-9-22(10-8-18)30-17-21(16-24(30)31)26(32)29-13-11-19(12-14-29)15-23-27-25(28-33-23)20-5-3-2-4-6-20/h2-10,19,21H,11-17H2,1H3/t21-/m0/s1. The number of carbonyl (C=O) groups is 2. The minimum Gasteiger partial charge on any atom is -0.342 e. The molecule has 3 aromatic rings. The van der Waals surface area contributed by atoms with Gasteiger partial charge in [0.25, 0.3) is 0 Å². The fourth-order valence-corrected chi connectivity index (χ4v) is 4.75. The van der Waals surface area contributed by atoms with E-state index in [1.165, 1.54) is 0 Å². The van der Waals surface area contributed by atoms with Gasteiger partial charge in [0.1, 0.15) is 0 Å². The predicted octanol–water partition coefficient (Wildman–Crippen LogP) is 3.88. The van der Waals surface area contributed by atoms with E-state index in [-0.39, 0.29) is 24.2 Å². The van der Waals surface area contributed by atoms with Gasteiger partial charge >= 0.3 is 0 Å². The molecule has 2 saturated heterocycles. The summed E-state index contributed by atoms with van der Waals surface area (Å²) in [4.78, 5) is 33.9. The number of rotatable bonds is 5. The summed E-state index contributed by atoms with van der Waals surface area (Å²) in [7, 11) is 0. The first kappa shape index (κ1) is 21.4. The van der Waals surface area contributed by atoms with E-state index in [0.29, 0.717) is 37.3 Å². The molecule has 0 aliphatic carbocycles. The quantitative estimate of drug-likeness (QED) is 0.597. The van der Waals surface area contributed by atoms with Crippen LogP contribution in [-0.2, 0) is 16.0 Å². The monoisotopic (exact) mass is 444 g/mol. The molecule has 0 saturated carbocycles. The number of hydrogen-bond acceptors (Lipinski definition) is 5. The Balaban J connectivity index is 1.14. The first-order valence-corrected chi connectivity index (χ1v) is 11.6.